The summed E-state index contributed by atoms with van der Waals surface area (Å²) in [5, 5.41) is 9.22. The molecule has 0 N–H and O–H groups in total. The van der Waals surface area contributed by atoms with Crippen molar-refractivity contribution < 1.29 is 32.0 Å². The van der Waals surface area contributed by atoms with Gasteiger partial charge in [-0.2, -0.15) is 5.26 Å². The van der Waals surface area contributed by atoms with E-state index in [4.69, 9.17) is 27.2 Å². The predicted molar refractivity (Wildman–Crippen MR) is 169 cm³/mol. The molecule has 2 aliphatic rings. The lowest BCUT2D eigenvalue weighted by Gasteiger charge is -2.51. The van der Waals surface area contributed by atoms with Gasteiger partial charge in [-0.25, -0.2) is 4.98 Å². The molecule has 0 radical (unpaired) electrons. The van der Waals surface area contributed by atoms with Crippen molar-refractivity contribution in [1.82, 2.24) is 9.55 Å². The molecule has 1 aromatic heterocycles. The van der Waals surface area contributed by atoms with E-state index in [1.807, 2.05) is 27.0 Å². The van der Waals surface area contributed by atoms with E-state index in [-0.39, 0.29) is 59.3 Å². The first-order valence-electron chi connectivity index (χ1n) is 15.9. The van der Waals surface area contributed by atoms with Crippen molar-refractivity contribution in [3.05, 3.63) is 18.2 Å². The highest BCUT2D eigenvalue weighted by atomic mass is 28.5. The lowest BCUT2D eigenvalue weighted by atomic mass is 9.98. The van der Waals surface area contributed by atoms with Gasteiger partial charge in [-0.3, -0.25) is 4.79 Å². The van der Waals surface area contributed by atoms with Crippen LogP contribution in [0.5, 0.6) is 0 Å². The van der Waals surface area contributed by atoms with Crippen LogP contribution in [0.3, 0.4) is 0 Å². The maximum absolute atomic E-state index is 12.2. The average Bonchev–Trinajstić information content (AvgIpc) is 3.49. The smallest absolute Gasteiger partial charge is 0.335 e. The quantitative estimate of drug-likeness (QED) is 0.146. The topological polar surface area (TPSA) is 114 Å². The van der Waals surface area contributed by atoms with E-state index >= 15 is 0 Å². The van der Waals surface area contributed by atoms with Gasteiger partial charge in [0.2, 0.25) is 0 Å². The number of imidazole rings is 1. The number of esters is 1. The SMILES string of the molecule is CC(C)[Si]1(C(C)C)OC[C@H]2O[C@@H](CCc3cn(COC(=O)C(C)(C)C)cn3)[C@H](OCCC#N)[C@@H]2O[Si](C(C)C)(C(C)C)O1. The lowest BCUT2D eigenvalue weighted by Crippen LogP contribution is -2.66. The van der Waals surface area contributed by atoms with Crippen molar-refractivity contribution >= 4 is 23.1 Å². The highest BCUT2D eigenvalue weighted by molar-refractivity contribution is 6.84. The molecule has 0 saturated carbocycles. The van der Waals surface area contributed by atoms with Gasteiger partial charge in [0.05, 0.1) is 49.2 Å². The zero-order chi connectivity index (χ0) is 32.2. The van der Waals surface area contributed by atoms with E-state index in [1.165, 1.54) is 0 Å². The van der Waals surface area contributed by atoms with Gasteiger partial charge >= 0.3 is 23.1 Å². The average molecular weight is 638 g/mol. The number of carbonyl (C=O) groups is 1. The summed E-state index contributed by atoms with van der Waals surface area (Å²) in [6.45, 7) is 24.0. The monoisotopic (exact) mass is 637 g/mol. The van der Waals surface area contributed by atoms with E-state index in [1.54, 1.807) is 10.9 Å². The highest BCUT2D eigenvalue weighted by Gasteiger charge is 2.61. The summed E-state index contributed by atoms with van der Waals surface area (Å²) in [7, 11) is -5.53. The molecule has 12 heteroatoms. The Bertz CT molecular complexity index is 1080. The maximum Gasteiger partial charge on any atom is 0.335 e. The van der Waals surface area contributed by atoms with Crippen molar-refractivity contribution in [2.24, 2.45) is 5.41 Å². The fraction of sp³-hybridized carbons (Fsp3) is 0.839. The Balaban J connectivity index is 1.85. The molecular weight excluding hydrogens is 583 g/mol. The second-order valence-electron chi connectivity index (χ2n) is 14.2. The summed E-state index contributed by atoms with van der Waals surface area (Å²) in [5.41, 5.74) is 1.18. The van der Waals surface area contributed by atoms with Crippen LogP contribution in [0.15, 0.2) is 12.5 Å². The molecule has 0 unspecified atom stereocenters. The number of hydrogen-bond donors (Lipinski definition) is 0. The number of rotatable bonds is 12. The zero-order valence-electron chi connectivity index (χ0n) is 28.2. The molecule has 43 heavy (non-hydrogen) atoms. The fourth-order valence-electron chi connectivity index (χ4n) is 6.14. The molecule has 3 rings (SSSR count). The van der Waals surface area contributed by atoms with Crippen LogP contribution in [0, 0.1) is 16.7 Å². The standard InChI is InChI=1S/C31H55N3O7Si2/c1-21(2)42(22(3)4)38-18-27-29(40-43(41-42,23(5)6)24(7)8)28(36-16-12-15-32)26(39-27)14-13-25-17-34(19-33-25)20-37-30(35)31(9,10)11/h17,19,21-24,26-29H,12-14,16,18,20H2,1-11H3/t26-,27+,28-,29+/m0/s1. The van der Waals surface area contributed by atoms with Crippen molar-refractivity contribution in [2.75, 3.05) is 13.2 Å². The summed E-state index contributed by atoms with van der Waals surface area (Å²) in [6, 6.07) is 2.19. The molecule has 4 atom stereocenters. The molecule has 0 spiro atoms. The molecule has 0 bridgehead atoms. The number of hydrogen-bond acceptors (Lipinski definition) is 9. The Morgan fingerprint density at radius 3 is 2.28 bits per heavy atom. The predicted octanol–water partition coefficient (Wildman–Crippen LogP) is 6.39. The lowest BCUT2D eigenvalue weighted by molar-refractivity contribution is -0.156. The number of ether oxygens (including phenoxy) is 3. The Morgan fingerprint density at radius 1 is 1.09 bits per heavy atom. The number of carbonyl (C=O) groups excluding carboxylic acids is 1. The third kappa shape index (κ3) is 8.17. The molecule has 0 aromatic carbocycles. The van der Waals surface area contributed by atoms with Crippen LogP contribution in [0.25, 0.3) is 0 Å². The van der Waals surface area contributed by atoms with Gasteiger partial charge in [0.1, 0.15) is 18.3 Å². The van der Waals surface area contributed by atoms with Crippen LogP contribution in [0.1, 0.15) is 94.7 Å². The number of nitrogens with zero attached hydrogens (tertiary/aromatic N) is 3. The molecule has 0 aliphatic carbocycles. The first-order valence-corrected chi connectivity index (χ1v) is 19.8. The van der Waals surface area contributed by atoms with Crippen LogP contribution < -0.4 is 0 Å². The van der Waals surface area contributed by atoms with Crippen LogP contribution in [0.4, 0.5) is 0 Å². The van der Waals surface area contributed by atoms with E-state index < -0.39 is 22.5 Å². The Kier molecular flexibility index (Phi) is 12.2. The van der Waals surface area contributed by atoms with Gasteiger partial charge in [-0.05, 0) is 55.8 Å². The number of aryl methyl sites for hydroxylation is 1. The van der Waals surface area contributed by atoms with E-state index in [2.05, 4.69) is 66.4 Å². The molecule has 2 saturated heterocycles. The third-order valence-corrected chi connectivity index (χ3v) is 18.8. The largest absolute Gasteiger partial charge is 0.443 e. The minimum absolute atomic E-state index is 0.118. The number of nitriles is 1. The molecule has 0 amide bonds. The van der Waals surface area contributed by atoms with Gasteiger partial charge in [-0.1, -0.05) is 55.4 Å². The first-order chi connectivity index (χ1) is 20.1. The van der Waals surface area contributed by atoms with Crippen molar-refractivity contribution in [2.45, 2.75) is 149 Å². The summed E-state index contributed by atoms with van der Waals surface area (Å²) in [5.74, 6) is -0.260. The van der Waals surface area contributed by atoms with E-state index in [0.717, 1.165) is 5.69 Å². The minimum Gasteiger partial charge on any atom is -0.443 e. The van der Waals surface area contributed by atoms with Crippen LogP contribution >= 0.6 is 0 Å². The molecule has 3 heterocycles. The zero-order valence-corrected chi connectivity index (χ0v) is 30.2. The second kappa shape index (κ2) is 14.7. The van der Waals surface area contributed by atoms with Crippen molar-refractivity contribution in [1.29, 1.82) is 5.26 Å². The van der Waals surface area contributed by atoms with Gasteiger partial charge in [-0.15, -0.1) is 0 Å². The minimum atomic E-state index is -2.85. The van der Waals surface area contributed by atoms with E-state index in [9.17, 15) is 10.1 Å². The number of fused-ring (bicyclic) bond motifs is 1. The van der Waals surface area contributed by atoms with Gasteiger partial charge in [0, 0.05) is 6.20 Å². The summed E-state index contributed by atoms with van der Waals surface area (Å²) in [6.07, 6.45) is 3.88. The summed E-state index contributed by atoms with van der Waals surface area (Å²) in [4.78, 5) is 16.7. The first kappa shape index (κ1) is 35.9. The molecule has 2 aliphatic heterocycles. The molecule has 244 valence electrons. The van der Waals surface area contributed by atoms with Crippen molar-refractivity contribution in [3.8, 4) is 6.07 Å². The summed E-state index contributed by atoms with van der Waals surface area (Å²) >= 11 is 0. The second-order valence-corrected chi connectivity index (χ2v) is 23.1. The maximum atomic E-state index is 12.2. The summed E-state index contributed by atoms with van der Waals surface area (Å²) < 4.78 is 41.8. The molecule has 1 aromatic rings. The highest BCUT2D eigenvalue weighted by Crippen LogP contribution is 2.48. The van der Waals surface area contributed by atoms with Crippen LogP contribution in [-0.4, -0.2) is 70.3 Å². The fourth-order valence-corrected chi connectivity index (χ4v) is 17.3. The Morgan fingerprint density at radius 2 is 1.72 bits per heavy atom. The normalized spacial score (nSPS) is 25.5. The molecular formula is C31H55N3O7Si2. The molecule has 2 fully saturated rings. The van der Waals surface area contributed by atoms with Crippen LogP contribution in [0.2, 0.25) is 22.2 Å². The van der Waals surface area contributed by atoms with Gasteiger partial charge in [0.15, 0.2) is 6.73 Å². The van der Waals surface area contributed by atoms with Crippen molar-refractivity contribution in [3.63, 3.8) is 0 Å². The number of aromatic nitrogens is 2. The van der Waals surface area contributed by atoms with Crippen LogP contribution in [-0.2, 0) is 45.1 Å². The Hall–Kier alpha value is -1.60. The van der Waals surface area contributed by atoms with E-state index in [0.29, 0.717) is 32.5 Å². The third-order valence-electron chi connectivity index (χ3n) is 8.59. The van der Waals surface area contributed by atoms with Gasteiger partial charge < -0.3 is 31.7 Å². The van der Waals surface area contributed by atoms with Gasteiger partial charge in [0.25, 0.3) is 0 Å². The molecule has 10 nitrogen and oxygen atoms in total. The Labute approximate surface area is 261 Å².